The van der Waals surface area contributed by atoms with E-state index in [1.54, 1.807) is 0 Å². The zero-order chi connectivity index (χ0) is 14.1. The van der Waals surface area contributed by atoms with Gasteiger partial charge in [0.05, 0.1) is 7.11 Å². The van der Waals surface area contributed by atoms with Crippen LogP contribution in [0.2, 0.25) is 0 Å². The summed E-state index contributed by atoms with van der Waals surface area (Å²) in [6.45, 7) is 8.27. The molecule has 18 heavy (non-hydrogen) atoms. The molecule has 0 saturated carbocycles. The van der Waals surface area contributed by atoms with Gasteiger partial charge < -0.3 is 20.3 Å². The smallest absolute Gasteiger partial charge is 0.322 e. The van der Waals surface area contributed by atoms with Gasteiger partial charge in [-0.25, -0.2) is 0 Å². The molecule has 0 fully saturated rings. The van der Waals surface area contributed by atoms with Gasteiger partial charge in [0.1, 0.15) is 6.04 Å². The van der Waals surface area contributed by atoms with E-state index >= 15 is 0 Å². The maximum atomic E-state index is 11.2. The van der Waals surface area contributed by atoms with Gasteiger partial charge >= 0.3 is 5.97 Å². The van der Waals surface area contributed by atoms with Crippen LogP contribution in [0, 0.1) is 5.92 Å². The topological polar surface area (TPSA) is 58.8 Å². The van der Waals surface area contributed by atoms with Crippen LogP contribution >= 0.6 is 0 Å². The molecule has 0 amide bonds. The van der Waals surface area contributed by atoms with E-state index in [2.05, 4.69) is 42.5 Å². The molecule has 5 heteroatoms. The molecule has 0 aliphatic carbocycles. The third-order valence-electron chi connectivity index (χ3n) is 2.75. The molecule has 1 atom stereocenters. The van der Waals surface area contributed by atoms with Crippen molar-refractivity contribution in [1.29, 1.82) is 0 Å². The lowest BCUT2D eigenvalue weighted by Crippen LogP contribution is -2.39. The molecular formula is C13H29N3O2. The normalized spacial score (nSPS) is 13.4. The van der Waals surface area contributed by atoms with Gasteiger partial charge in [0.25, 0.3) is 0 Å². The predicted octanol–water partition coefficient (Wildman–Crippen LogP) is 0.396. The Morgan fingerprint density at radius 1 is 1.22 bits per heavy atom. The van der Waals surface area contributed by atoms with Gasteiger partial charge in [-0.15, -0.1) is 0 Å². The lowest BCUT2D eigenvalue weighted by atomic mass is 10.1. The number of rotatable bonds is 9. The lowest BCUT2D eigenvalue weighted by Gasteiger charge is -2.26. The van der Waals surface area contributed by atoms with Crippen LogP contribution in [0.4, 0.5) is 0 Å². The molecule has 2 N–H and O–H groups in total. The first kappa shape index (κ1) is 17.4. The van der Waals surface area contributed by atoms with Gasteiger partial charge in [0, 0.05) is 26.2 Å². The van der Waals surface area contributed by atoms with Crippen molar-refractivity contribution in [3.8, 4) is 0 Å². The quantitative estimate of drug-likeness (QED) is 0.607. The fraction of sp³-hybridized carbons (Fsp3) is 0.923. The highest BCUT2D eigenvalue weighted by Crippen LogP contribution is 2.02. The molecule has 108 valence electrons. The Balaban J connectivity index is 4.10. The average Bonchev–Trinajstić information content (AvgIpc) is 2.30. The number of carbonyl (C=O) groups excluding carboxylic acids is 1. The molecular weight excluding hydrogens is 230 g/mol. The third kappa shape index (κ3) is 8.44. The van der Waals surface area contributed by atoms with E-state index in [1.807, 2.05) is 0 Å². The van der Waals surface area contributed by atoms with Crippen LogP contribution in [0.5, 0.6) is 0 Å². The predicted molar refractivity (Wildman–Crippen MR) is 74.4 cm³/mol. The zero-order valence-corrected chi connectivity index (χ0v) is 12.5. The summed E-state index contributed by atoms with van der Waals surface area (Å²) in [6, 6.07) is -0.510. The molecule has 0 aromatic heterocycles. The minimum atomic E-state index is -0.510. The Morgan fingerprint density at radius 2 is 1.83 bits per heavy atom. The van der Waals surface area contributed by atoms with Crippen molar-refractivity contribution < 1.29 is 9.53 Å². The van der Waals surface area contributed by atoms with Gasteiger partial charge in [-0.3, -0.25) is 4.79 Å². The fourth-order valence-electron chi connectivity index (χ4n) is 1.74. The Morgan fingerprint density at radius 3 is 2.28 bits per heavy atom. The summed E-state index contributed by atoms with van der Waals surface area (Å²) in [4.78, 5) is 15.8. The maximum Gasteiger partial charge on any atom is 0.322 e. The van der Waals surface area contributed by atoms with Crippen LogP contribution in [-0.4, -0.2) is 69.2 Å². The fourth-order valence-corrected chi connectivity index (χ4v) is 1.74. The molecule has 0 saturated heterocycles. The standard InChI is InChI=1S/C13H29N3O2/c1-11(2)10-16(9-8-15(3)4)7-6-12(14)13(17)18-5/h11-12H,6-10,14H2,1-5H3. The molecule has 0 aromatic rings. The van der Waals surface area contributed by atoms with E-state index < -0.39 is 6.04 Å². The van der Waals surface area contributed by atoms with Crippen molar-refractivity contribution >= 4 is 5.97 Å². The van der Waals surface area contributed by atoms with Crippen molar-refractivity contribution in [3.05, 3.63) is 0 Å². The van der Waals surface area contributed by atoms with Crippen LogP contribution in [0.25, 0.3) is 0 Å². The van der Waals surface area contributed by atoms with Crippen molar-refractivity contribution in [2.45, 2.75) is 26.3 Å². The largest absolute Gasteiger partial charge is 0.468 e. The second-order valence-corrected chi connectivity index (χ2v) is 5.42. The highest BCUT2D eigenvalue weighted by atomic mass is 16.5. The first-order valence-corrected chi connectivity index (χ1v) is 6.57. The molecule has 0 bridgehead atoms. The SMILES string of the molecule is COC(=O)C(N)CCN(CCN(C)C)CC(C)C. The summed E-state index contributed by atoms with van der Waals surface area (Å²) in [7, 11) is 5.50. The number of hydrogen-bond acceptors (Lipinski definition) is 5. The van der Waals surface area contributed by atoms with Crippen molar-refractivity contribution in [2.75, 3.05) is 47.4 Å². The van der Waals surface area contributed by atoms with Crippen LogP contribution in [0.15, 0.2) is 0 Å². The summed E-state index contributed by atoms with van der Waals surface area (Å²) in [5.74, 6) is 0.286. The van der Waals surface area contributed by atoms with Crippen molar-refractivity contribution in [1.82, 2.24) is 9.80 Å². The van der Waals surface area contributed by atoms with Crippen molar-refractivity contribution in [2.24, 2.45) is 11.7 Å². The van der Waals surface area contributed by atoms with Crippen LogP contribution in [0.3, 0.4) is 0 Å². The van der Waals surface area contributed by atoms with Gasteiger partial charge in [-0.2, -0.15) is 0 Å². The van der Waals surface area contributed by atoms with Crippen molar-refractivity contribution in [3.63, 3.8) is 0 Å². The van der Waals surface area contributed by atoms with Gasteiger partial charge in [-0.05, 0) is 26.4 Å². The highest BCUT2D eigenvalue weighted by molar-refractivity contribution is 5.75. The number of likely N-dealkylation sites (N-methyl/N-ethyl adjacent to an activating group) is 1. The molecule has 0 radical (unpaired) electrons. The molecule has 0 aromatic carbocycles. The second-order valence-electron chi connectivity index (χ2n) is 5.42. The number of hydrogen-bond donors (Lipinski definition) is 1. The Kier molecular flexibility index (Phi) is 8.97. The first-order chi connectivity index (χ1) is 8.36. The van der Waals surface area contributed by atoms with E-state index in [0.29, 0.717) is 12.3 Å². The van der Waals surface area contributed by atoms with E-state index in [1.165, 1.54) is 7.11 Å². The monoisotopic (exact) mass is 259 g/mol. The number of ether oxygens (including phenoxy) is 1. The summed E-state index contributed by atoms with van der Waals surface area (Å²) in [6.07, 6.45) is 0.646. The highest BCUT2D eigenvalue weighted by Gasteiger charge is 2.16. The molecule has 0 rings (SSSR count). The maximum absolute atomic E-state index is 11.2. The van der Waals surface area contributed by atoms with Gasteiger partial charge in [-0.1, -0.05) is 13.8 Å². The number of nitrogens with two attached hydrogens (primary N) is 1. The number of esters is 1. The second kappa shape index (κ2) is 9.30. The molecule has 0 aliphatic heterocycles. The Labute approximate surface area is 111 Å². The lowest BCUT2D eigenvalue weighted by molar-refractivity contribution is -0.142. The summed E-state index contributed by atoms with van der Waals surface area (Å²) < 4.78 is 4.63. The van der Waals surface area contributed by atoms with Gasteiger partial charge in [0.15, 0.2) is 0 Å². The van der Waals surface area contributed by atoms with E-state index in [-0.39, 0.29) is 5.97 Å². The summed E-state index contributed by atoms with van der Waals surface area (Å²) in [5.41, 5.74) is 5.75. The zero-order valence-electron chi connectivity index (χ0n) is 12.5. The van der Waals surface area contributed by atoms with Gasteiger partial charge in [0.2, 0.25) is 0 Å². The number of methoxy groups -OCH3 is 1. The summed E-state index contributed by atoms with van der Waals surface area (Å²) >= 11 is 0. The third-order valence-corrected chi connectivity index (χ3v) is 2.75. The molecule has 0 heterocycles. The Bertz CT molecular complexity index is 232. The van der Waals surface area contributed by atoms with Crippen LogP contribution < -0.4 is 5.73 Å². The average molecular weight is 259 g/mol. The number of carbonyl (C=O) groups is 1. The van der Waals surface area contributed by atoms with Crippen LogP contribution in [0.1, 0.15) is 20.3 Å². The van der Waals surface area contributed by atoms with E-state index in [0.717, 1.165) is 26.2 Å². The minimum absolute atomic E-state index is 0.327. The number of nitrogens with zero attached hydrogens (tertiary/aromatic N) is 2. The molecule has 5 nitrogen and oxygen atoms in total. The summed E-state index contributed by atoms with van der Waals surface area (Å²) in [5, 5.41) is 0. The van der Waals surface area contributed by atoms with E-state index in [4.69, 9.17) is 5.73 Å². The van der Waals surface area contributed by atoms with Crippen LogP contribution in [-0.2, 0) is 9.53 Å². The van der Waals surface area contributed by atoms with E-state index in [9.17, 15) is 4.79 Å². The minimum Gasteiger partial charge on any atom is -0.468 e. The molecule has 0 aliphatic rings. The molecule has 0 spiro atoms. The molecule has 1 unspecified atom stereocenters. The Hall–Kier alpha value is -0.650. The first-order valence-electron chi connectivity index (χ1n) is 6.57.